The third-order valence-electron chi connectivity index (χ3n) is 3.82. The highest BCUT2D eigenvalue weighted by Crippen LogP contribution is 2.36. The van der Waals surface area contributed by atoms with Crippen LogP contribution in [0.1, 0.15) is 24.0 Å². The molecule has 1 aromatic carbocycles. The van der Waals surface area contributed by atoms with Crippen LogP contribution in [-0.2, 0) is 15.8 Å². The van der Waals surface area contributed by atoms with E-state index in [1.54, 1.807) is 0 Å². The Morgan fingerprint density at radius 3 is 2.32 bits per heavy atom. The summed E-state index contributed by atoms with van der Waals surface area (Å²) in [6.07, 6.45) is -2.55. The Morgan fingerprint density at radius 1 is 1.09 bits per heavy atom. The van der Waals surface area contributed by atoms with Crippen molar-refractivity contribution in [2.24, 2.45) is 0 Å². The van der Waals surface area contributed by atoms with Crippen LogP contribution in [0, 0.1) is 0 Å². The van der Waals surface area contributed by atoms with Gasteiger partial charge in [0.15, 0.2) is 5.76 Å². The average molecular weight is 378 g/mol. The van der Waals surface area contributed by atoms with Crippen molar-refractivity contribution in [3.63, 3.8) is 0 Å². The van der Waals surface area contributed by atoms with E-state index in [0.29, 0.717) is 31.1 Å². The Kier molecular flexibility index (Phi) is 4.47. The van der Waals surface area contributed by atoms with E-state index in [9.17, 15) is 13.2 Å². The van der Waals surface area contributed by atoms with E-state index >= 15 is 0 Å². The number of halogens is 4. The topological polar surface area (TPSA) is 21.7 Å². The third-order valence-corrected chi connectivity index (χ3v) is 4.43. The lowest BCUT2D eigenvalue weighted by atomic mass is 10.1. The molecular formula is C15H15BrF3NO2. The fourth-order valence-corrected chi connectivity index (χ4v) is 3.15. The van der Waals surface area contributed by atoms with Crippen LogP contribution in [0.25, 0.3) is 5.76 Å². The number of hydroxylamine groups is 2. The number of ether oxygens (including phenoxy) is 1. The molecule has 0 amide bonds. The van der Waals surface area contributed by atoms with Crippen molar-refractivity contribution in [1.82, 2.24) is 5.06 Å². The molecule has 0 N–H and O–H groups in total. The maximum atomic E-state index is 12.6. The maximum Gasteiger partial charge on any atom is 0.416 e. The monoisotopic (exact) mass is 377 g/mol. The summed E-state index contributed by atoms with van der Waals surface area (Å²) in [5.41, 5.74) is -0.0262. The van der Waals surface area contributed by atoms with Gasteiger partial charge in [-0.2, -0.15) is 13.2 Å². The smallest absolute Gasteiger partial charge is 0.404 e. The summed E-state index contributed by atoms with van der Waals surface area (Å²) in [7, 11) is 0. The van der Waals surface area contributed by atoms with Gasteiger partial charge in [0.2, 0.25) is 0 Å². The van der Waals surface area contributed by atoms with Crippen LogP contribution in [0.3, 0.4) is 0 Å². The van der Waals surface area contributed by atoms with Crippen molar-refractivity contribution in [2.45, 2.75) is 25.1 Å². The molecule has 3 rings (SSSR count). The quantitative estimate of drug-likeness (QED) is 0.770. The molecule has 3 nitrogen and oxygen atoms in total. The van der Waals surface area contributed by atoms with Gasteiger partial charge >= 0.3 is 6.18 Å². The van der Waals surface area contributed by atoms with E-state index in [1.165, 1.54) is 12.1 Å². The minimum Gasteiger partial charge on any atom is -0.404 e. The Labute approximate surface area is 134 Å². The first kappa shape index (κ1) is 15.8. The highest BCUT2D eigenvalue weighted by Gasteiger charge is 2.33. The van der Waals surface area contributed by atoms with Gasteiger partial charge in [-0.05, 0) is 40.9 Å². The van der Waals surface area contributed by atoms with Gasteiger partial charge in [-0.1, -0.05) is 12.1 Å². The molecule has 0 atom stereocenters. The van der Waals surface area contributed by atoms with Crippen molar-refractivity contribution in [2.75, 3.05) is 19.8 Å². The van der Waals surface area contributed by atoms with Gasteiger partial charge in [0.05, 0.1) is 22.6 Å². The third kappa shape index (κ3) is 3.31. The van der Waals surface area contributed by atoms with E-state index in [0.717, 1.165) is 29.5 Å². The predicted octanol–water partition coefficient (Wildman–Crippen LogP) is 4.20. The number of rotatable bonds is 2. The summed E-state index contributed by atoms with van der Waals surface area (Å²) in [5.74, 6) is 0.584. The van der Waals surface area contributed by atoms with Gasteiger partial charge in [0.1, 0.15) is 0 Å². The molecule has 1 saturated heterocycles. The highest BCUT2D eigenvalue weighted by molar-refractivity contribution is 9.11. The van der Waals surface area contributed by atoms with Crippen LogP contribution in [-0.4, -0.2) is 30.9 Å². The largest absolute Gasteiger partial charge is 0.416 e. The molecule has 120 valence electrons. The molecule has 0 saturated carbocycles. The molecule has 1 fully saturated rings. The summed E-state index contributed by atoms with van der Waals surface area (Å²) in [4.78, 5) is 5.85. The van der Waals surface area contributed by atoms with Crippen molar-refractivity contribution >= 4 is 21.7 Å². The van der Waals surface area contributed by atoms with Crippen molar-refractivity contribution < 1.29 is 22.7 Å². The number of nitrogens with zero attached hydrogens (tertiary/aromatic N) is 1. The van der Waals surface area contributed by atoms with Crippen molar-refractivity contribution in [3.05, 3.63) is 39.9 Å². The molecule has 0 unspecified atom stereocenters. The van der Waals surface area contributed by atoms with Gasteiger partial charge < -0.3 is 9.57 Å². The minimum atomic E-state index is -4.32. The summed E-state index contributed by atoms with van der Waals surface area (Å²) < 4.78 is 44.0. The summed E-state index contributed by atoms with van der Waals surface area (Å²) >= 11 is 3.47. The number of hydrogen-bond acceptors (Lipinski definition) is 3. The normalized spacial score (nSPS) is 21.3. The Balaban J connectivity index is 1.73. The maximum absolute atomic E-state index is 12.6. The number of hydrogen-bond donors (Lipinski definition) is 0. The molecule has 1 aromatic rings. The standard InChI is InChI=1S/C15H15BrF3NO2/c16-13-9-20(12-5-7-21-8-6-12)22-14(13)10-1-3-11(4-2-10)15(17,18)19/h1-4,12H,5-9H2. The molecule has 0 radical (unpaired) electrons. The molecule has 0 aromatic heterocycles. The first-order valence-corrected chi connectivity index (χ1v) is 7.83. The molecule has 7 heteroatoms. The van der Waals surface area contributed by atoms with Crippen LogP contribution >= 0.6 is 15.9 Å². The van der Waals surface area contributed by atoms with E-state index in [-0.39, 0.29) is 6.04 Å². The zero-order valence-corrected chi connectivity index (χ0v) is 13.3. The Bertz CT molecular complexity index is 565. The SMILES string of the molecule is FC(F)(F)c1ccc(C2=C(Br)CN(C3CCOCC3)O2)cc1. The van der Waals surface area contributed by atoms with Crippen LogP contribution in [0.2, 0.25) is 0 Å². The predicted molar refractivity (Wildman–Crippen MR) is 78.9 cm³/mol. The fraction of sp³-hybridized carbons (Fsp3) is 0.467. The minimum absolute atomic E-state index is 0.272. The van der Waals surface area contributed by atoms with E-state index in [1.807, 2.05) is 5.06 Å². The molecule has 2 aliphatic rings. The number of alkyl halides is 3. The second-order valence-electron chi connectivity index (χ2n) is 5.32. The number of benzene rings is 1. The van der Waals surface area contributed by atoms with Crippen LogP contribution in [0.4, 0.5) is 13.2 Å². The molecule has 2 heterocycles. The lowest BCUT2D eigenvalue weighted by molar-refractivity contribution is -0.137. The van der Waals surface area contributed by atoms with Gasteiger partial charge in [0.25, 0.3) is 0 Å². The Hall–Kier alpha value is -1.05. The average Bonchev–Trinajstić information content (AvgIpc) is 2.89. The molecule has 22 heavy (non-hydrogen) atoms. The summed E-state index contributed by atoms with van der Waals surface area (Å²) in [6, 6.07) is 5.29. The van der Waals surface area contributed by atoms with Crippen LogP contribution in [0.15, 0.2) is 28.7 Å². The molecule has 0 aliphatic carbocycles. The van der Waals surface area contributed by atoms with E-state index < -0.39 is 11.7 Å². The first-order chi connectivity index (χ1) is 10.4. The van der Waals surface area contributed by atoms with Gasteiger partial charge in [-0.15, -0.1) is 5.06 Å². The zero-order valence-electron chi connectivity index (χ0n) is 11.7. The van der Waals surface area contributed by atoms with E-state index in [4.69, 9.17) is 9.57 Å². The van der Waals surface area contributed by atoms with Crippen molar-refractivity contribution in [3.8, 4) is 0 Å². The second-order valence-corrected chi connectivity index (χ2v) is 6.28. The summed E-state index contributed by atoms with van der Waals surface area (Å²) in [5, 5.41) is 1.87. The zero-order chi connectivity index (χ0) is 15.7. The molecule has 2 aliphatic heterocycles. The molecular weight excluding hydrogens is 363 g/mol. The van der Waals surface area contributed by atoms with Gasteiger partial charge in [0, 0.05) is 18.8 Å². The Morgan fingerprint density at radius 2 is 1.73 bits per heavy atom. The fourth-order valence-electron chi connectivity index (χ4n) is 2.60. The molecule has 0 bridgehead atoms. The molecule has 0 spiro atoms. The van der Waals surface area contributed by atoms with Gasteiger partial charge in [-0.25, -0.2) is 0 Å². The lowest BCUT2D eigenvalue weighted by Gasteiger charge is -2.29. The van der Waals surface area contributed by atoms with Crippen LogP contribution in [0.5, 0.6) is 0 Å². The first-order valence-electron chi connectivity index (χ1n) is 7.04. The van der Waals surface area contributed by atoms with Crippen LogP contribution < -0.4 is 0 Å². The van der Waals surface area contributed by atoms with E-state index in [2.05, 4.69) is 15.9 Å². The second kappa shape index (κ2) is 6.22. The van der Waals surface area contributed by atoms with Gasteiger partial charge in [-0.3, -0.25) is 0 Å². The summed E-state index contributed by atoms with van der Waals surface area (Å²) in [6.45, 7) is 2.01. The van der Waals surface area contributed by atoms with Crippen molar-refractivity contribution in [1.29, 1.82) is 0 Å². The highest BCUT2D eigenvalue weighted by atomic mass is 79.9. The lowest BCUT2D eigenvalue weighted by Crippen LogP contribution is -2.37.